The van der Waals surface area contributed by atoms with Crippen molar-refractivity contribution >= 4 is 26.9 Å². The fraction of sp³-hybridized carbons (Fsp3) is 0.0526. The summed E-state index contributed by atoms with van der Waals surface area (Å²) in [5, 5.41) is 3.18. The largest absolute Gasteiger partial charge is 0.398 e. The van der Waals surface area contributed by atoms with E-state index in [9.17, 15) is 8.42 Å². The number of hydrogen-bond donors (Lipinski definition) is 2. The van der Waals surface area contributed by atoms with Crippen LogP contribution in [0.25, 0.3) is 0 Å². The number of nitrogens with one attached hydrogen (secondary N) is 1. The van der Waals surface area contributed by atoms with Crippen LogP contribution >= 0.6 is 0 Å². The second kappa shape index (κ2) is 6.37. The lowest BCUT2D eigenvalue weighted by molar-refractivity contribution is 0.596. The maximum Gasteiger partial charge on any atom is 0.208 e. The molecule has 0 unspecified atom stereocenters. The molecule has 0 saturated heterocycles. The minimum Gasteiger partial charge on any atom is -0.398 e. The molecular formula is C19H18N2O2S. The highest BCUT2D eigenvalue weighted by molar-refractivity contribution is 7.91. The van der Waals surface area contributed by atoms with E-state index in [2.05, 4.69) is 5.32 Å². The highest BCUT2D eigenvalue weighted by Gasteiger charge is 2.21. The molecule has 0 radical (unpaired) electrons. The average Bonchev–Trinajstić information content (AvgIpc) is 2.58. The summed E-state index contributed by atoms with van der Waals surface area (Å²) in [6.07, 6.45) is 0. The van der Waals surface area contributed by atoms with E-state index in [4.69, 9.17) is 5.73 Å². The number of nitrogen functional groups attached to an aromatic ring is 1. The summed E-state index contributed by atoms with van der Waals surface area (Å²) in [4.78, 5) is 0.337. The van der Waals surface area contributed by atoms with Gasteiger partial charge in [-0.25, -0.2) is 8.42 Å². The summed E-state index contributed by atoms with van der Waals surface area (Å²) in [7, 11) is -3.67. The number of rotatable bonds is 4. The molecule has 0 atom stereocenters. The molecule has 0 aliphatic heterocycles. The van der Waals surface area contributed by atoms with Crippen LogP contribution < -0.4 is 11.1 Å². The number of hydrogen-bond acceptors (Lipinski definition) is 4. The minimum atomic E-state index is -3.67. The van der Waals surface area contributed by atoms with Crippen molar-refractivity contribution in [3.8, 4) is 0 Å². The monoisotopic (exact) mass is 338 g/mol. The van der Waals surface area contributed by atoms with E-state index >= 15 is 0 Å². The summed E-state index contributed by atoms with van der Waals surface area (Å²) in [6, 6.07) is 21.2. The van der Waals surface area contributed by atoms with Crippen LogP contribution in [0.2, 0.25) is 0 Å². The third-order valence-corrected chi connectivity index (χ3v) is 5.52. The first-order valence-electron chi connectivity index (χ1n) is 7.50. The standard InChI is InChI=1S/C19H18N2O2S/c1-14-7-10-17(11-8-14)24(22,23)19-13-16(9-12-18(19)20)21-15-5-3-2-4-6-15/h2-13,21H,20H2,1H3. The molecule has 0 spiro atoms. The third-order valence-electron chi connectivity index (χ3n) is 3.70. The maximum atomic E-state index is 12.9. The molecule has 3 aromatic rings. The Bertz CT molecular complexity index is 950. The zero-order chi connectivity index (χ0) is 17.2. The fourth-order valence-electron chi connectivity index (χ4n) is 2.38. The van der Waals surface area contributed by atoms with Gasteiger partial charge in [0.1, 0.15) is 0 Å². The van der Waals surface area contributed by atoms with Gasteiger partial charge in [-0.2, -0.15) is 0 Å². The van der Waals surface area contributed by atoms with E-state index in [1.807, 2.05) is 37.3 Å². The minimum absolute atomic E-state index is 0.104. The predicted octanol–water partition coefficient (Wildman–Crippen LogP) is 4.15. The molecule has 122 valence electrons. The van der Waals surface area contributed by atoms with E-state index < -0.39 is 9.84 Å². The summed E-state index contributed by atoms with van der Waals surface area (Å²) in [5.41, 5.74) is 8.70. The first-order valence-corrected chi connectivity index (χ1v) is 8.98. The van der Waals surface area contributed by atoms with Crippen LogP contribution in [0.1, 0.15) is 5.56 Å². The Morgan fingerprint density at radius 1 is 0.833 bits per heavy atom. The summed E-state index contributed by atoms with van der Waals surface area (Å²) in [5.74, 6) is 0. The van der Waals surface area contributed by atoms with E-state index in [1.54, 1.807) is 42.5 Å². The highest BCUT2D eigenvalue weighted by Crippen LogP contribution is 2.29. The van der Waals surface area contributed by atoms with Crippen molar-refractivity contribution in [3.63, 3.8) is 0 Å². The van der Waals surface area contributed by atoms with Crippen molar-refractivity contribution in [1.29, 1.82) is 0 Å². The summed E-state index contributed by atoms with van der Waals surface area (Å²) < 4.78 is 25.7. The Morgan fingerprint density at radius 2 is 1.50 bits per heavy atom. The number of benzene rings is 3. The van der Waals surface area contributed by atoms with Crippen molar-refractivity contribution in [2.45, 2.75) is 16.7 Å². The maximum absolute atomic E-state index is 12.9. The van der Waals surface area contributed by atoms with E-state index in [0.29, 0.717) is 5.69 Å². The third kappa shape index (κ3) is 3.26. The number of nitrogens with two attached hydrogens (primary N) is 1. The van der Waals surface area contributed by atoms with E-state index in [1.165, 1.54) is 0 Å². The van der Waals surface area contributed by atoms with Crippen LogP contribution in [-0.4, -0.2) is 8.42 Å². The van der Waals surface area contributed by atoms with Gasteiger partial charge in [-0.05, 0) is 49.4 Å². The van der Waals surface area contributed by atoms with Gasteiger partial charge in [0.15, 0.2) is 0 Å². The Kier molecular flexibility index (Phi) is 4.27. The Labute approximate surface area is 141 Å². The van der Waals surface area contributed by atoms with Gasteiger partial charge in [-0.15, -0.1) is 0 Å². The van der Waals surface area contributed by atoms with Crippen molar-refractivity contribution in [2.24, 2.45) is 0 Å². The lowest BCUT2D eigenvalue weighted by Gasteiger charge is -2.12. The fourth-order valence-corrected chi connectivity index (χ4v) is 3.79. The van der Waals surface area contributed by atoms with Crippen LogP contribution in [0.3, 0.4) is 0 Å². The lowest BCUT2D eigenvalue weighted by Crippen LogP contribution is -2.06. The molecule has 5 heteroatoms. The zero-order valence-electron chi connectivity index (χ0n) is 13.2. The topological polar surface area (TPSA) is 72.2 Å². The normalized spacial score (nSPS) is 11.2. The first-order chi connectivity index (χ1) is 11.5. The predicted molar refractivity (Wildman–Crippen MR) is 97.2 cm³/mol. The molecule has 0 aliphatic carbocycles. The van der Waals surface area contributed by atoms with Crippen molar-refractivity contribution in [1.82, 2.24) is 0 Å². The van der Waals surface area contributed by atoms with Gasteiger partial charge >= 0.3 is 0 Å². The molecule has 0 fully saturated rings. The number of sulfone groups is 1. The van der Waals surface area contributed by atoms with Crippen molar-refractivity contribution in [3.05, 3.63) is 78.4 Å². The molecule has 0 amide bonds. The van der Waals surface area contributed by atoms with Gasteiger partial charge in [-0.1, -0.05) is 35.9 Å². The Balaban J connectivity index is 2.01. The lowest BCUT2D eigenvalue weighted by atomic mass is 10.2. The van der Waals surface area contributed by atoms with E-state index in [-0.39, 0.29) is 15.5 Å². The average molecular weight is 338 g/mol. The van der Waals surface area contributed by atoms with Gasteiger partial charge in [-0.3, -0.25) is 0 Å². The molecule has 0 aromatic heterocycles. The van der Waals surface area contributed by atoms with Crippen LogP contribution in [0.15, 0.2) is 82.6 Å². The Morgan fingerprint density at radius 3 is 2.17 bits per heavy atom. The van der Waals surface area contributed by atoms with Crippen LogP contribution in [-0.2, 0) is 9.84 Å². The highest BCUT2D eigenvalue weighted by atomic mass is 32.2. The molecule has 24 heavy (non-hydrogen) atoms. The number of aryl methyl sites for hydroxylation is 1. The second-order valence-corrected chi connectivity index (χ2v) is 7.48. The molecule has 3 N–H and O–H groups in total. The van der Waals surface area contributed by atoms with Gasteiger partial charge < -0.3 is 11.1 Å². The number of anilines is 3. The second-order valence-electron chi connectivity index (χ2n) is 5.56. The van der Waals surface area contributed by atoms with Crippen LogP contribution in [0, 0.1) is 6.92 Å². The summed E-state index contributed by atoms with van der Waals surface area (Å²) in [6.45, 7) is 1.91. The SMILES string of the molecule is Cc1ccc(S(=O)(=O)c2cc(Nc3ccccc3)ccc2N)cc1. The molecular weight excluding hydrogens is 320 g/mol. The zero-order valence-corrected chi connectivity index (χ0v) is 14.0. The van der Waals surface area contributed by atoms with Crippen LogP contribution in [0.5, 0.6) is 0 Å². The Hall–Kier alpha value is -2.79. The van der Waals surface area contributed by atoms with Gasteiger partial charge in [0, 0.05) is 11.4 Å². The van der Waals surface area contributed by atoms with Crippen LogP contribution in [0.4, 0.5) is 17.1 Å². The molecule has 3 aromatic carbocycles. The van der Waals surface area contributed by atoms with Crippen molar-refractivity contribution < 1.29 is 8.42 Å². The molecule has 0 bridgehead atoms. The van der Waals surface area contributed by atoms with Crippen molar-refractivity contribution in [2.75, 3.05) is 11.1 Å². The first kappa shape index (κ1) is 16.1. The molecule has 0 aliphatic rings. The molecule has 4 nitrogen and oxygen atoms in total. The van der Waals surface area contributed by atoms with E-state index in [0.717, 1.165) is 11.3 Å². The molecule has 0 heterocycles. The molecule has 3 rings (SSSR count). The van der Waals surface area contributed by atoms with Gasteiger partial charge in [0.2, 0.25) is 9.84 Å². The molecule has 0 saturated carbocycles. The smallest absolute Gasteiger partial charge is 0.208 e. The summed E-state index contributed by atoms with van der Waals surface area (Å²) >= 11 is 0. The van der Waals surface area contributed by atoms with Gasteiger partial charge in [0.05, 0.1) is 15.5 Å². The number of para-hydroxylation sites is 1. The van der Waals surface area contributed by atoms with Gasteiger partial charge in [0.25, 0.3) is 0 Å². The quantitative estimate of drug-likeness (QED) is 0.701.